The molecule has 10 nitrogen and oxygen atoms in total. The van der Waals surface area contributed by atoms with Crippen molar-refractivity contribution in [2.24, 2.45) is 16.6 Å². The summed E-state index contributed by atoms with van der Waals surface area (Å²) in [4.78, 5) is 48.9. The van der Waals surface area contributed by atoms with E-state index in [-0.39, 0.29) is 28.8 Å². The van der Waals surface area contributed by atoms with Crippen molar-refractivity contribution in [2.45, 2.75) is 46.7 Å². The van der Waals surface area contributed by atoms with Gasteiger partial charge in [0.05, 0.1) is 5.69 Å². The molecule has 1 aliphatic carbocycles. The number of ether oxygens (including phenoxy) is 1. The molecule has 0 bridgehead atoms. The van der Waals surface area contributed by atoms with Gasteiger partial charge in [-0.1, -0.05) is 36.8 Å². The molecular formula is C27H30N6O4. The van der Waals surface area contributed by atoms with Gasteiger partial charge in [0, 0.05) is 19.2 Å². The van der Waals surface area contributed by atoms with Gasteiger partial charge in [0.1, 0.15) is 11.4 Å². The van der Waals surface area contributed by atoms with E-state index in [9.17, 15) is 14.4 Å². The van der Waals surface area contributed by atoms with Crippen LogP contribution in [0.4, 0.5) is 5.69 Å². The number of hydrogen-bond acceptors (Lipinski definition) is 6. The summed E-state index contributed by atoms with van der Waals surface area (Å²) in [6.07, 6.45) is 7.71. The van der Waals surface area contributed by atoms with Crippen LogP contribution < -0.4 is 27.5 Å². The molecule has 0 aliphatic heterocycles. The molecule has 1 aliphatic rings. The molecule has 3 aromatic rings. The normalized spacial score (nSPS) is 15.5. The Morgan fingerprint density at radius 3 is 2.70 bits per heavy atom. The number of carbonyl (C=O) groups excluding carboxylic acids is 1. The zero-order valence-corrected chi connectivity index (χ0v) is 21.1. The number of nitrogens with two attached hydrogens (primary N) is 1. The van der Waals surface area contributed by atoms with E-state index in [0.29, 0.717) is 30.9 Å². The third kappa shape index (κ3) is 6.03. The van der Waals surface area contributed by atoms with Crippen LogP contribution in [0.5, 0.6) is 11.6 Å². The van der Waals surface area contributed by atoms with E-state index in [0.717, 1.165) is 12.0 Å². The van der Waals surface area contributed by atoms with Crippen molar-refractivity contribution in [3.8, 4) is 11.6 Å². The molecule has 192 valence electrons. The maximum absolute atomic E-state index is 13.3. The summed E-state index contributed by atoms with van der Waals surface area (Å²) in [6, 6.07) is 9.97. The van der Waals surface area contributed by atoms with Crippen LogP contribution in [0.25, 0.3) is 0 Å². The number of H-pyrrole nitrogens is 1. The summed E-state index contributed by atoms with van der Waals surface area (Å²) < 4.78 is 8.57. The minimum Gasteiger partial charge on any atom is -0.439 e. The van der Waals surface area contributed by atoms with Crippen molar-refractivity contribution in [1.29, 1.82) is 0 Å². The number of benzene rings is 1. The maximum Gasteiger partial charge on any atom is 0.334 e. The summed E-state index contributed by atoms with van der Waals surface area (Å²) in [7, 11) is 0. The summed E-state index contributed by atoms with van der Waals surface area (Å²) in [6.45, 7) is 6.50. The lowest BCUT2D eigenvalue weighted by Crippen LogP contribution is -2.50. The zero-order valence-electron chi connectivity index (χ0n) is 21.1. The highest BCUT2D eigenvalue weighted by Gasteiger charge is 2.14. The smallest absolute Gasteiger partial charge is 0.334 e. The van der Waals surface area contributed by atoms with E-state index in [1.807, 2.05) is 26.8 Å². The number of pyridine rings is 1. The maximum atomic E-state index is 13.3. The standard InChI is InChI=1S/C27H30N6O4/c1-4-14-32-26(35)31-25(33(27(32)36)16-19-10-8-17(2)9-11-19)29-20-12-13-22(18(3)15-20)37-23-7-5-6-21(30-23)24(28)34/h5-10,12-13,15,19H,4,11,14,16H2,1-3H3,(H2,28,34)(H,29,31,35). The van der Waals surface area contributed by atoms with Gasteiger partial charge in [-0.05, 0) is 62.4 Å². The van der Waals surface area contributed by atoms with Crippen LogP contribution in [-0.4, -0.2) is 25.0 Å². The van der Waals surface area contributed by atoms with E-state index in [2.05, 4.69) is 27.1 Å². The highest BCUT2D eigenvalue weighted by molar-refractivity contribution is 5.90. The van der Waals surface area contributed by atoms with Crippen LogP contribution in [0, 0.1) is 12.8 Å². The second-order valence-electron chi connectivity index (χ2n) is 8.99. The van der Waals surface area contributed by atoms with Gasteiger partial charge >= 0.3 is 11.4 Å². The molecular weight excluding hydrogens is 472 g/mol. The van der Waals surface area contributed by atoms with Gasteiger partial charge in [0.15, 0.2) is 0 Å². The molecule has 0 saturated carbocycles. The predicted molar refractivity (Wildman–Crippen MR) is 140 cm³/mol. The summed E-state index contributed by atoms with van der Waals surface area (Å²) in [5.74, 6) is 0.213. The average molecular weight is 503 g/mol. The lowest BCUT2D eigenvalue weighted by atomic mass is 9.97. The van der Waals surface area contributed by atoms with Crippen LogP contribution in [0.1, 0.15) is 42.7 Å². The van der Waals surface area contributed by atoms with Gasteiger partial charge in [-0.2, -0.15) is 0 Å². The molecule has 4 rings (SSSR count). The van der Waals surface area contributed by atoms with Crippen LogP contribution >= 0.6 is 0 Å². The number of nitrogens with zero attached hydrogens (tertiary/aromatic N) is 4. The highest BCUT2D eigenvalue weighted by Crippen LogP contribution is 2.27. The van der Waals surface area contributed by atoms with Gasteiger partial charge in [0.25, 0.3) is 5.91 Å². The lowest BCUT2D eigenvalue weighted by molar-refractivity contribution is 0.0995. The second-order valence-corrected chi connectivity index (χ2v) is 8.99. The van der Waals surface area contributed by atoms with E-state index in [1.54, 1.807) is 30.3 Å². The first-order chi connectivity index (χ1) is 17.7. The monoisotopic (exact) mass is 502 g/mol. The molecule has 2 aromatic heterocycles. The number of primary amides is 1. The molecule has 1 unspecified atom stereocenters. The SMILES string of the molecule is CCCn1c(=O)[nH]/c(=N\c2ccc(Oc3cccc(C(N)=O)n3)c(C)c2)n(CC2C=CC(C)=CC2)c1=O. The summed E-state index contributed by atoms with van der Waals surface area (Å²) in [5, 5.41) is 0. The molecule has 2 heterocycles. The van der Waals surface area contributed by atoms with Crippen molar-refractivity contribution in [1.82, 2.24) is 19.1 Å². The number of aromatic nitrogens is 4. The average Bonchev–Trinajstić information content (AvgIpc) is 2.87. The number of rotatable bonds is 8. The van der Waals surface area contributed by atoms with E-state index < -0.39 is 11.6 Å². The largest absolute Gasteiger partial charge is 0.439 e. The van der Waals surface area contributed by atoms with Crippen LogP contribution in [-0.2, 0) is 13.1 Å². The molecule has 0 radical (unpaired) electrons. The predicted octanol–water partition coefficient (Wildman–Crippen LogP) is 3.10. The minimum atomic E-state index is -0.644. The first-order valence-electron chi connectivity index (χ1n) is 12.1. The Kier molecular flexibility index (Phi) is 7.66. The van der Waals surface area contributed by atoms with Gasteiger partial charge in [-0.15, -0.1) is 0 Å². The Morgan fingerprint density at radius 2 is 2.03 bits per heavy atom. The number of aromatic amines is 1. The highest BCUT2D eigenvalue weighted by atomic mass is 16.5. The number of allylic oxidation sites excluding steroid dienone is 4. The van der Waals surface area contributed by atoms with Gasteiger partial charge < -0.3 is 10.5 Å². The second kappa shape index (κ2) is 11.1. The van der Waals surface area contributed by atoms with Gasteiger partial charge in [-0.25, -0.2) is 24.1 Å². The van der Waals surface area contributed by atoms with E-state index in [4.69, 9.17) is 10.5 Å². The van der Waals surface area contributed by atoms with Crippen molar-refractivity contribution >= 4 is 11.6 Å². The van der Waals surface area contributed by atoms with E-state index in [1.165, 1.54) is 20.8 Å². The molecule has 10 heteroatoms. The molecule has 0 saturated heterocycles. The Labute approximate surface area is 213 Å². The number of aryl methyl sites for hydroxylation is 1. The lowest BCUT2D eigenvalue weighted by Gasteiger charge is -2.17. The van der Waals surface area contributed by atoms with Crippen LogP contribution in [0.2, 0.25) is 0 Å². The Hall–Kier alpha value is -4.47. The Balaban J connectivity index is 1.70. The van der Waals surface area contributed by atoms with Crippen molar-refractivity contribution in [3.63, 3.8) is 0 Å². The molecule has 1 atom stereocenters. The number of carbonyl (C=O) groups is 1. The Morgan fingerprint density at radius 1 is 1.22 bits per heavy atom. The fourth-order valence-electron chi connectivity index (χ4n) is 4.03. The zero-order chi connectivity index (χ0) is 26.5. The van der Waals surface area contributed by atoms with Crippen LogP contribution in [0.3, 0.4) is 0 Å². The number of amides is 1. The van der Waals surface area contributed by atoms with Crippen LogP contribution in [0.15, 0.2) is 74.8 Å². The first-order valence-corrected chi connectivity index (χ1v) is 12.1. The molecule has 0 fully saturated rings. The first kappa shape index (κ1) is 25.6. The fraction of sp³-hybridized carbons (Fsp3) is 0.296. The van der Waals surface area contributed by atoms with Gasteiger partial charge in [0.2, 0.25) is 11.5 Å². The summed E-state index contributed by atoms with van der Waals surface area (Å²) in [5.41, 5.74) is 7.18. The fourth-order valence-corrected chi connectivity index (χ4v) is 4.03. The topological polar surface area (TPSA) is 137 Å². The molecule has 0 spiro atoms. The van der Waals surface area contributed by atoms with Gasteiger partial charge in [-0.3, -0.25) is 14.3 Å². The molecule has 1 aromatic carbocycles. The summed E-state index contributed by atoms with van der Waals surface area (Å²) >= 11 is 0. The van der Waals surface area contributed by atoms with Crippen molar-refractivity contribution in [2.75, 3.05) is 0 Å². The van der Waals surface area contributed by atoms with E-state index >= 15 is 0 Å². The quantitative estimate of drug-likeness (QED) is 0.488. The van der Waals surface area contributed by atoms with Crippen molar-refractivity contribution in [3.05, 3.63) is 98.0 Å². The molecule has 3 N–H and O–H groups in total. The third-order valence-electron chi connectivity index (χ3n) is 6.00. The number of nitrogens with one attached hydrogen (secondary N) is 1. The number of hydrogen-bond donors (Lipinski definition) is 2. The molecule has 37 heavy (non-hydrogen) atoms. The Bertz CT molecular complexity index is 1570. The molecule has 1 amide bonds. The van der Waals surface area contributed by atoms with Crippen molar-refractivity contribution < 1.29 is 9.53 Å². The minimum absolute atomic E-state index is 0.103. The third-order valence-corrected chi connectivity index (χ3v) is 6.00.